The van der Waals surface area contributed by atoms with Gasteiger partial charge in [-0.1, -0.05) is 29.3 Å². The predicted molar refractivity (Wildman–Crippen MR) is 85.8 cm³/mol. The first-order valence-electron chi connectivity index (χ1n) is 7.11. The maximum atomic E-state index is 12.4. The molecular weight excluding hydrogens is 343 g/mol. The van der Waals surface area contributed by atoms with E-state index in [1.807, 2.05) is 0 Å². The van der Waals surface area contributed by atoms with Crippen LogP contribution in [0.5, 0.6) is 0 Å². The zero-order chi connectivity index (χ0) is 17.1. The maximum absolute atomic E-state index is 12.4. The molecule has 0 aliphatic carbocycles. The minimum absolute atomic E-state index is 0.107. The molecule has 0 radical (unpaired) electrons. The number of carboxylic acids is 1. The molecule has 23 heavy (non-hydrogen) atoms. The van der Waals surface area contributed by atoms with Crippen molar-refractivity contribution in [1.82, 2.24) is 10.2 Å². The number of carboxylic acid groups (broad SMARTS) is 1. The van der Waals surface area contributed by atoms with Crippen LogP contribution in [0.25, 0.3) is 0 Å². The third kappa shape index (κ3) is 3.76. The molecule has 1 heterocycles. The zero-order valence-electron chi connectivity index (χ0n) is 12.4. The number of halogens is 2. The monoisotopic (exact) mass is 358 g/mol. The number of benzene rings is 1. The highest BCUT2D eigenvalue weighted by Gasteiger charge is 2.36. The van der Waals surface area contributed by atoms with Crippen LogP contribution in [-0.2, 0) is 9.59 Å². The zero-order valence-corrected chi connectivity index (χ0v) is 13.9. The van der Waals surface area contributed by atoms with E-state index >= 15 is 0 Å². The molecule has 0 bridgehead atoms. The molecule has 1 saturated heterocycles. The smallest absolute Gasteiger partial charge is 0.326 e. The average molecular weight is 359 g/mol. The van der Waals surface area contributed by atoms with Crippen LogP contribution in [0.4, 0.5) is 0 Å². The van der Waals surface area contributed by atoms with Crippen molar-refractivity contribution in [3.05, 3.63) is 33.8 Å². The average Bonchev–Trinajstić information content (AvgIpc) is 2.98. The second-order valence-electron chi connectivity index (χ2n) is 5.32. The van der Waals surface area contributed by atoms with Crippen molar-refractivity contribution in [3.63, 3.8) is 0 Å². The number of nitrogens with zero attached hydrogens (tertiary/aromatic N) is 1. The lowest BCUT2D eigenvalue weighted by molar-refractivity contribution is -0.148. The predicted octanol–water partition coefficient (Wildman–Crippen LogP) is 2.19. The molecule has 2 N–H and O–H groups in total. The van der Waals surface area contributed by atoms with Crippen LogP contribution in [0.2, 0.25) is 10.0 Å². The molecule has 1 aliphatic heterocycles. The van der Waals surface area contributed by atoms with Crippen LogP contribution in [0.1, 0.15) is 30.1 Å². The van der Waals surface area contributed by atoms with E-state index < -0.39 is 29.9 Å². The van der Waals surface area contributed by atoms with Gasteiger partial charge in [-0.05, 0) is 31.9 Å². The quantitative estimate of drug-likeness (QED) is 0.863. The fourth-order valence-electron chi connectivity index (χ4n) is 2.55. The molecule has 0 spiro atoms. The fourth-order valence-corrected chi connectivity index (χ4v) is 2.94. The Morgan fingerprint density at radius 1 is 1.35 bits per heavy atom. The second-order valence-corrected chi connectivity index (χ2v) is 6.11. The van der Waals surface area contributed by atoms with E-state index in [1.165, 1.54) is 17.9 Å². The van der Waals surface area contributed by atoms with Gasteiger partial charge in [0.15, 0.2) is 0 Å². The van der Waals surface area contributed by atoms with E-state index in [0.29, 0.717) is 19.4 Å². The molecular formula is C15H16Cl2N2O4. The molecule has 2 rings (SSSR count). The van der Waals surface area contributed by atoms with Crippen LogP contribution in [0.15, 0.2) is 18.2 Å². The minimum Gasteiger partial charge on any atom is -0.480 e. The van der Waals surface area contributed by atoms with Gasteiger partial charge in [-0.15, -0.1) is 0 Å². The van der Waals surface area contributed by atoms with Gasteiger partial charge in [0.1, 0.15) is 12.1 Å². The standard InChI is InChI=1S/C15H16Cl2N2O4/c1-8(14(21)19-7-3-6-11(19)15(22)23)18-13(20)9-4-2-5-10(16)12(9)17/h2,4-5,8,11H,3,6-7H2,1H3,(H,18,20)(H,22,23)/t8?,11-/m1/s1. The third-order valence-corrected chi connectivity index (χ3v) is 4.55. The van der Waals surface area contributed by atoms with Gasteiger partial charge in [0.05, 0.1) is 15.6 Å². The molecule has 1 fully saturated rings. The van der Waals surface area contributed by atoms with Crippen molar-refractivity contribution >= 4 is 41.0 Å². The van der Waals surface area contributed by atoms with Crippen molar-refractivity contribution in [2.45, 2.75) is 31.8 Å². The topological polar surface area (TPSA) is 86.7 Å². The summed E-state index contributed by atoms with van der Waals surface area (Å²) in [5, 5.41) is 12.0. The molecule has 2 amide bonds. The number of aliphatic carboxylic acids is 1. The number of nitrogens with one attached hydrogen (secondary N) is 1. The molecule has 1 unspecified atom stereocenters. The fraction of sp³-hybridized carbons (Fsp3) is 0.400. The highest BCUT2D eigenvalue weighted by atomic mass is 35.5. The number of amides is 2. The Morgan fingerprint density at radius 3 is 2.70 bits per heavy atom. The van der Waals surface area contributed by atoms with E-state index in [9.17, 15) is 14.4 Å². The van der Waals surface area contributed by atoms with Gasteiger partial charge in [0.25, 0.3) is 5.91 Å². The summed E-state index contributed by atoms with van der Waals surface area (Å²) in [6.07, 6.45) is 1.05. The Labute approximate surface area is 143 Å². The maximum Gasteiger partial charge on any atom is 0.326 e. The summed E-state index contributed by atoms with van der Waals surface area (Å²) < 4.78 is 0. The van der Waals surface area contributed by atoms with Crippen molar-refractivity contribution in [2.24, 2.45) is 0 Å². The summed E-state index contributed by atoms with van der Waals surface area (Å²) in [4.78, 5) is 37.0. The molecule has 124 valence electrons. The van der Waals surface area contributed by atoms with Crippen molar-refractivity contribution < 1.29 is 19.5 Å². The van der Waals surface area contributed by atoms with Crippen molar-refractivity contribution in [1.29, 1.82) is 0 Å². The number of rotatable bonds is 4. The Bertz CT molecular complexity index is 650. The highest BCUT2D eigenvalue weighted by molar-refractivity contribution is 6.43. The number of carbonyl (C=O) groups is 3. The Hall–Kier alpha value is -1.79. The third-order valence-electron chi connectivity index (χ3n) is 3.74. The van der Waals surface area contributed by atoms with Gasteiger partial charge in [0.2, 0.25) is 5.91 Å². The highest BCUT2D eigenvalue weighted by Crippen LogP contribution is 2.25. The number of hydrogen-bond donors (Lipinski definition) is 2. The van der Waals surface area contributed by atoms with Gasteiger partial charge < -0.3 is 15.3 Å². The van der Waals surface area contributed by atoms with Crippen LogP contribution < -0.4 is 5.32 Å². The van der Waals surface area contributed by atoms with Gasteiger partial charge >= 0.3 is 5.97 Å². The normalized spacial score (nSPS) is 18.6. The van der Waals surface area contributed by atoms with Crippen molar-refractivity contribution in [3.8, 4) is 0 Å². The number of likely N-dealkylation sites (tertiary alicyclic amines) is 1. The van der Waals surface area contributed by atoms with Gasteiger partial charge in [-0.2, -0.15) is 0 Å². The largest absolute Gasteiger partial charge is 0.480 e. The molecule has 1 aromatic rings. The molecule has 0 saturated carbocycles. The van der Waals surface area contributed by atoms with E-state index in [4.69, 9.17) is 28.3 Å². The van der Waals surface area contributed by atoms with E-state index in [0.717, 1.165) is 0 Å². The number of carbonyl (C=O) groups excluding carboxylic acids is 2. The number of hydrogen-bond acceptors (Lipinski definition) is 3. The van der Waals surface area contributed by atoms with Crippen LogP contribution >= 0.6 is 23.2 Å². The van der Waals surface area contributed by atoms with Gasteiger partial charge in [-0.3, -0.25) is 9.59 Å². The molecule has 1 aromatic carbocycles. The van der Waals surface area contributed by atoms with Crippen LogP contribution in [-0.4, -0.2) is 46.4 Å². The van der Waals surface area contributed by atoms with Gasteiger partial charge in [0, 0.05) is 6.54 Å². The van der Waals surface area contributed by atoms with E-state index in [1.54, 1.807) is 12.1 Å². The Balaban J connectivity index is 2.07. The molecule has 2 atom stereocenters. The molecule has 1 aliphatic rings. The molecule has 8 heteroatoms. The van der Waals surface area contributed by atoms with E-state index in [2.05, 4.69) is 5.32 Å². The summed E-state index contributed by atoms with van der Waals surface area (Å²) >= 11 is 11.8. The van der Waals surface area contributed by atoms with Crippen LogP contribution in [0, 0.1) is 0 Å². The first-order valence-corrected chi connectivity index (χ1v) is 7.86. The summed E-state index contributed by atoms with van der Waals surface area (Å²) in [6.45, 7) is 1.88. The molecule has 0 aromatic heterocycles. The van der Waals surface area contributed by atoms with Crippen LogP contribution in [0.3, 0.4) is 0 Å². The Morgan fingerprint density at radius 2 is 2.04 bits per heavy atom. The first-order chi connectivity index (χ1) is 10.8. The lowest BCUT2D eigenvalue weighted by Crippen LogP contribution is -2.50. The summed E-state index contributed by atoms with van der Waals surface area (Å²) in [5.41, 5.74) is 0.162. The second kappa shape index (κ2) is 7.19. The van der Waals surface area contributed by atoms with Gasteiger partial charge in [-0.25, -0.2) is 4.79 Å². The van der Waals surface area contributed by atoms with E-state index in [-0.39, 0.29) is 15.6 Å². The SMILES string of the molecule is CC(NC(=O)c1cccc(Cl)c1Cl)C(=O)N1CCC[C@@H]1C(=O)O. The first kappa shape index (κ1) is 17.6. The Kier molecular flexibility index (Phi) is 5.49. The summed E-state index contributed by atoms with van der Waals surface area (Å²) in [7, 11) is 0. The summed E-state index contributed by atoms with van der Waals surface area (Å²) in [6, 6.07) is 2.93. The molecule has 6 nitrogen and oxygen atoms in total. The lowest BCUT2D eigenvalue weighted by atomic mass is 10.1. The summed E-state index contributed by atoms with van der Waals surface area (Å²) in [5.74, 6) is -2.00. The lowest BCUT2D eigenvalue weighted by Gasteiger charge is -2.25. The van der Waals surface area contributed by atoms with Crippen molar-refractivity contribution in [2.75, 3.05) is 6.54 Å². The minimum atomic E-state index is -1.03.